The van der Waals surface area contributed by atoms with Gasteiger partial charge in [0.25, 0.3) is 0 Å². The monoisotopic (exact) mass is 236 g/mol. The second-order valence-corrected chi connectivity index (χ2v) is 4.09. The normalized spacial score (nSPS) is 9.57. The molecule has 0 atom stereocenters. The van der Waals surface area contributed by atoms with E-state index in [9.17, 15) is 4.79 Å². The third-order valence-corrected chi connectivity index (χ3v) is 2.03. The number of carbonyl (C=O) groups excluding carboxylic acids is 1. The van der Waals surface area contributed by atoms with E-state index in [4.69, 9.17) is 17.4 Å². The van der Waals surface area contributed by atoms with E-state index < -0.39 is 0 Å². The van der Waals surface area contributed by atoms with Gasteiger partial charge in [0.2, 0.25) is 5.91 Å². The van der Waals surface area contributed by atoms with Gasteiger partial charge < -0.3 is 5.32 Å². The van der Waals surface area contributed by atoms with Crippen molar-refractivity contribution in [1.82, 2.24) is 10.8 Å². The fraction of sp³-hybridized carbons (Fsp3) is 0.750. The minimum atomic E-state index is -0.320. The average Bonchev–Trinajstić information content (AvgIpc) is 2.15. The van der Waals surface area contributed by atoms with E-state index in [-0.39, 0.29) is 5.91 Å². The molecule has 4 nitrogen and oxygen atoms in total. The first-order chi connectivity index (χ1) is 6.66. The van der Waals surface area contributed by atoms with Crippen LogP contribution in [0.4, 0.5) is 0 Å². The van der Waals surface area contributed by atoms with Gasteiger partial charge in [0, 0.05) is 13.0 Å². The highest BCUT2D eigenvalue weighted by Gasteiger charge is 1.97. The van der Waals surface area contributed by atoms with Crippen molar-refractivity contribution in [2.75, 3.05) is 6.54 Å². The molecule has 0 aromatic rings. The Balaban J connectivity index is 3.06. The molecule has 0 saturated heterocycles. The Morgan fingerprint density at radius 1 is 1.29 bits per heavy atom. The largest absolute Gasteiger partial charge is 0.371 e. The van der Waals surface area contributed by atoms with Crippen molar-refractivity contribution in [3.05, 3.63) is 0 Å². The van der Waals surface area contributed by atoms with Crippen LogP contribution in [0.5, 0.6) is 0 Å². The number of hydroxylamine groups is 1. The first-order valence-corrected chi connectivity index (χ1v) is 5.42. The fourth-order valence-electron chi connectivity index (χ4n) is 1.02. The Bertz CT molecular complexity index is 188. The van der Waals surface area contributed by atoms with Gasteiger partial charge in [-0.3, -0.25) is 10.0 Å². The Hall–Kier alpha value is -0.330. The standard InChI is InChI=1S/C8H16N2O2S2/c11-7(10-12)5-3-1-2-4-6-9-8(13)14/h12H,1-6H2,(H,10,11)(H2,9,13,14). The number of carbonyl (C=O) groups is 1. The summed E-state index contributed by atoms with van der Waals surface area (Å²) in [6.07, 6.45) is 4.23. The van der Waals surface area contributed by atoms with E-state index in [1.165, 1.54) is 0 Å². The Labute approximate surface area is 94.8 Å². The molecule has 0 unspecified atom stereocenters. The van der Waals surface area contributed by atoms with Crippen molar-refractivity contribution in [2.24, 2.45) is 0 Å². The van der Waals surface area contributed by atoms with Crippen molar-refractivity contribution in [2.45, 2.75) is 32.1 Å². The van der Waals surface area contributed by atoms with Crippen molar-refractivity contribution < 1.29 is 10.0 Å². The maximum atomic E-state index is 10.6. The summed E-state index contributed by atoms with van der Waals surface area (Å²) in [5.41, 5.74) is 1.60. The summed E-state index contributed by atoms with van der Waals surface area (Å²) in [7, 11) is 0. The second kappa shape index (κ2) is 9.23. The highest BCUT2D eigenvalue weighted by molar-refractivity contribution is 8.11. The Morgan fingerprint density at radius 3 is 2.50 bits per heavy atom. The summed E-state index contributed by atoms with van der Waals surface area (Å²) in [5.74, 6) is -0.320. The van der Waals surface area contributed by atoms with Gasteiger partial charge in [-0.2, -0.15) is 0 Å². The van der Waals surface area contributed by atoms with Crippen LogP contribution >= 0.6 is 24.8 Å². The van der Waals surface area contributed by atoms with E-state index in [0.29, 0.717) is 10.7 Å². The smallest absolute Gasteiger partial charge is 0.243 e. The Morgan fingerprint density at radius 2 is 1.93 bits per heavy atom. The molecule has 3 N–H and O–H groups in total. The van der Waals surface area contributed by atoms with E-state index >= 15 is 0 Å². The van der Waals surface area contributed by atoms with Crippen molar-refractivity contribution in [1.29, 1.82) is 0 Å². The van der Waals surface area contributed by atoms with Gasteiger partial charge >= 0.3 is 0 Å². The molecule has 0 fully saturated rings. The van der Waals surface area contributed by atoms with Gasteiger partial charge in [-0.1, -0.05) is 25.1 Å². The summed E-state index contributed by atoms with van der Waals surface area (Å²) < 4.78 is 0.518. The molecule has 0 rings (SSSR count). The molecule has 0 aliphatic carbocycles. The number of nitrogens with one attached hydrogen (secondary N) is 2. The number of rotatable bonds is 7. The molecule has 14 heavy (non-hydrogen) atoms. The maximum Gasteiger partial charge on any atom is 0.243 e. The van der Waals surface area contributed by atoms with Crippen molar-refractivity contribution in [3.8, 4) is 0 Å². The molecule has 0 radical (unpaired) electrons. The topological polar surface area (TPSA) is 61.4 Å². The first-order valence-electron chi connectivity index (χ1n) is 4.56. The maximum absolute atomic E-state index is 10.6. The molecule has 1 amide bonds. The van der Waals surface area contributed by atoms with Crippen LogP contribution in [-0.2, 0) is 4.79 Å². The van der Waals surface area contributed by atoms with Crippen LogP contribution in [0.15, 0.2) is 0 Å². The number of thiocarbonyl (C=S) groups is 1. The zero-order valence-corrected chi connectivity index (χ0v) is 9.66. The van der Waals surface area contributed by atoms with E-state index in [2.05, 4.69) is 17.9 Å². The number of amides is 1. The van der Waals surface area contributed by atoms with E-state index in [1.54, 1.807) is 5.48 Å². The van der Waals surface area contributed by atoms with Gasteiger partial charge in [0.15, 0.2) is 0 Å². The lowest BCUT2D eigenvalue weighted by molar-refractivity contribution is -0.129. The lowest BCUT2D eigenvalue weighted by Crippen LogP contribution is -2.18. The number of hydrogen-bond acceptors (Lipinski definition) is 3. The summed E-state index contributed by atoms with van der Waals surface area (Å²) in [5, 5.41) is 11.1. The minimum Gasteiger partial charge on any atom is -0.371 e. The summed E-state index contributed by atoms with van der Waals surface area (Å²) in [6, 6.07) is 0. The van der Waals surface area contributed by atoms with Crippen LogP contribution in [0, 0.1) is 0 Å². The summed E-state index contributed by atoms with van der Waals surface area (Å²) in [6.45, 7) is 0.828. The molecular formula is C8H16N2O2S2. The lowest BCUT2D eigenvalue weighted by atomic mass is 10.1. The highest BCUT2D eigenvalue weighted by atomic mass is 32.1. The van der Waals surface area contributed by atoms with Crippen LogP contribution in [0.1, 0.15) is 32.1 Å². The van der Waals surface area contributed by atoms with Crippen molar-refractivity contribution >= 4 is 35.1 Å². The highest BCUT2D eigenvalue weighted by Crippen LogP contribution is 2.02. The van der Waals surface area contributed by atoms with E-state index in [1.807, 2.05) is 0 Å². The molecule has 0 heterocycles. The average molecular weight is 236 g/mol. The SMILES string of the molecule is O=C(CCCCCCNC(=S)S)NO. The predicted molar refractivity (Wildman–Crippen MR) is 62.6 cm³/mol. The zero-order chi connectivity index (χ0) is 10.8. The van der Waals surface area contributed by atoms with Gasteiger partial charge in [-0.15, -0.1) is 12.6 Å². The molecular weight excluding hydrogens is 220 g/mol. The van der Waals surface area contributed by atoms with Crippen molar-refractivity contribution in [3.63, 3.8) is 0 Å². The molecule has 0 spiro atoms. The molecule has 82 valence electrons. The summed E-state index contributed by atoms with van der Waals surface area (Å²) >= 11 is 8.64. The third kappa shape index (κ3) is 9.76. The lowest BCUT2D eigenvalue weighted by Gasteiger charge is -2.02. The van der Waals surface area contributed by atoms with Crippen LogP contribution in [0.25, 0.3) is 0 Å². The van der Waals surface area contributed by atoms with Crippen LogP contribution < -0.4 is 10.8 Å². The quantitative estimate of drug-likeness (QED) is 0.177. The van der Waals surface area contributed by atoms with Crippen LogP contribution in [0.2, 0.25) is 0 Å². The van der Waals surface area contributed by atoms with Gasteiger partial charge in [0.1, 0.15) is 4.32 Å². The molecule has 0 aliphatic rings. The first kappa shape index (κ1) is 13.7. The minimum absolute atomic E-state index is 0.320. The molecule has 6 heteroatoms. The number of unbranched alkanes of at least 4 members (excludes halogenated alkanes) is 3. The molecule has 0 bridgehead atoms. The second-order valence-electron chi connectivity index (χ2n) is 2.93. The molecule has 0 aliphatic heterocycles. The molecule has 0 saturated carbocycles. The number of thiol groups is 1. The summed E-state index contributed by atoms with van der Waals surface area (Å²) in [4.78, 5) is 10.6. The van der Waals surface area contributed by atoms with E-state index in [0.717, 1.165) is 32.2 Å². The Kier molecular flexibility index (Phi) is 9.02. The molecule has 0 aromatic heterocycles. The van der Waals surface area contributed by atoms with Gasteiger partial charge in [-0.25, -0.2) is 5.48 Å². The van der Waals surface area contributed by atoms with Gasteiger partial charge in [-0.05, 0) is 12.8 Å². The van der Waals surface area contributed by atoms with Gasteiger partial charge in [0.05, 0.1) is 0 Å². The van der Waals surface area contributed by atoms with Crippen LogP contribution in [-0.4, -0.2) is 22.0 Å². The predicted octanol–water partition coefficient (Wildman–Crippen LogP) is 1.25. The number of hydrogen-bond donors (Lipinski definition) is 4. The third-order valence-electron chi connectivity index (χ3n) is 1.73. The fourth-order valence-corrected chi connectivity index (χ4v) is 1.23. The van der Waals surface area contributed by atoms with Crippen LogP contribution in [0.3, 0.4) is 0 Å². The molecule has 0 aromatic carbocycles. The zero-order valence-electron chi connectivity index (χ0n) is 7.95.